The Labute approximate surface area is 197 Å². The number of methoxy groups -OCH3 is 1. The minimum Gasteiger partial charge on any atom is -0.493 e. The maximum atomic E-state index is 13.6. The first-order chi connectivity index (χ1) is 16.2. The maximum Gasteiger partial charge on any atom is 0.161 e. The molecule has 0 spiro atoms. The fourth-order valence-corrected chi connectivity index (χ4v) is 6.45. The second-order valence-electron chi connectivity index (χ2n) is 9.06. The molecule has 0 saturated carbocycles. The van der Waals surface area contributed by atoms with E-state index in [0.29, 0.717) is 36.8 Å². The summed E-state index contributed by atoms with van der Waals surface area (Å²) in [6, 6.07) is 11.9. The number of hydrogen-bond donors (Lipinski definition) is 0. The van der Waals surface area contributed by atoms with Crippen molar-refractivity contribution in [3.63, 3.8) is 0 Å². The summed E-state index contributed by atoms with van der Waals surface area (Å²) < 4.78 is 30.7. The van der Waals surface area contributed by atoms with Crippen LogP contribution in [0.3, 0.4) is 0 Å². The van der Waals surface area contributed by atoms with Crippen molar-refractivity contribution in [3.05, 3.63) is 53.5 Å². The zero-order valence-corrected chi connectivity index (χ0v) is 19.7. The highest BCUT2D eigenvalue weighted by Gasteiger charge is 2.41. The zero-order valence-electron chi connectivity index (χ0n) is 18.8. The number of carbonyl (C=O) groups excluding carboxylic acids is 1. The summed E-state index contributed by atoms with van der Waals surface area (Å²) >= 11 is 1.42. The molecule has 0 radical (unpaired) electrons. The third-order valence-electron chi connectivity index (χ3n) is 7.10. The molecule has 1 aromatic heterocycles. The smallest absolute Gasteiger partial charge is 0.161 e. The second-order valence-corrected chi connectivity index (χ2v) is 9.86. The Balaban J connectivity index is 1.16. The van der Waals surface area contributed by atoms with Crippen LogP contribution in [0.5, 0.6) is 11.5 Å². The minimum absolute atomic E-state index is 0.190. The first-order valence-corrected chi connectivity index (χ1v) is 12.5. The van der Waals surface area contributed by atoms with Gasteiger partial charge in [0, 0.05) is 36.4 Å². The number of hydrogen-bond acceptors (Lipinski definition) is 6. The number of aromatic nitrogens is 1. The molecule has 2 aliphatic heterocycles. The van der Waals surface area contributed by atoms with E-state index in [4.69, 9.17) is 13.8 Å². The van der Waals surface area contributed by atoms with Gasteiger partial charge in [-0.15, -0.1) is 0 Å². The second kappa shape index (κ2) is 9.77. The molecule has 3 aromatic rings. The van der Waals surface area contributed by atoms with Gasteiger partial charge in [-0.1, -0.05) is 6.07 Å². The number of fused-ring (bicyclic) bond motifs is 3. The van der Waals surface area contributed by atoms with Gasteiger partial charge >= 0.3 is 0 Å². The summed E-state index contributed by atoms with van der Waals surface area (Å²) in [5.41, 5.74) is 2.09. The van der Waals surface area contributed by atoms with Crippen LogP contribution in [0.15, 0.2) is 36.4 Å². The summed E-state index contributed by atoms with van der Waals surface area (Å²) in [5.74, 6) is 1.67. The third-order valence-corrected chi connectivity index (χ3v) is 7.92. The van der Waals surface area contributed by atoms with Crippen LogP contribution in [0.25, 0.3) is 10.1 Å². The van der Waals surface area contributed by atoms with Gasteiger partial charge in [0.1, 0.15) is 12.1 Å². The highest BCUT2D eigenvalue weighted by atomic mass is 32.1. The van der Waals surface area contributed by atoms with Crippen LogP contribution in [-0.2, 0) is 11.2 Å². The van der Waals surface area contributed by atoms with Crippen LogP contribution >= 0.6 is 11.5 Å². The molecule has 7 heteroatoms. The number of ether oxygens (including phenoxy) is 2. The van der Waals surface area contributed by atoms with Crippen LogP contribution in [0.2, 0.25) is 0 Å². The number of carbonyl (C=O) groups is 1. The van der Waals surface area contributed by atoms with E-state index < -0.39 is 0 Å². The van der Waals surface area contributed by atoms with Gasteiger partial charge in [0.05, 0.1) is 24.1 Å². The Kier molecular flexibility index (Phi) is 6.60. The minimum atomic E-state index is -0.190. The largest absolute Gasteiger partial charge is 0.493 e. The lowest BCUT2D eigenvalue weighted by Crippen LogP contribution is -2.43. The molecule has 0 amide bonds. The fraction of sp³-hybridized carbons (Fsp3) is 0.462. The molecule has 33 heavy (non-hydrogen) atoms. The number of aldehydes is 1. The average Bonchev–Trinajstić information content (AvgIpc) is 3.33. The summed E-state index contributed by atoms with van der Waals surface area (Å²) in [4.78, 5) is 13.4. The zero-order chi connectivity index (χ0) is 22.8. The van der Waals surface area contributed by atoms with E-state index >= 15 is 0 Å². The number of piperidine rings is 1. The van der Waals surface area contributed by atoms with Crippen LogP contribution in [0.4, 0.5) is 4.39 Å². The van der Waals surface area contributed by atoms with E-state index in [9.17, 15) is 9.18 Å². The molecule has 2 saturated heterocycles. The molecule has 5 nitrogen and oxygen atoms in total. The van der Waals surface area contributed by atoms with Gasteiger partial charge < -0.3 is 14.3 Å². The summed E-state index contributed by atoms with van der Waals surface area (Å²) in [7, 11) is 1.62. The predicted octanol–water partition coefficient (Wildman–Crippen LogP) is 5.36. The Bertz CT molecular complexity index is 1120. The predicted molar refractivity (Wildman–Crippen MR) is 128 cm³/mol. The van der Waals surface area contributed by atoms with Gasteiger partial charge in [-0.3, -0.25) is 4.90 Å². The topological polar surface area (TPSA) is 51.7 Å². The highest BCUT2D eigenvalue weighted by Crippen LogP contribution is 2.45. The van der Waals surface area contributed by atoms with Gasteiger partial charge in [-0.2, -0.15) is 4.37 Å². The molecular formula is C26H29FN2O3S. The van der Waals surface area contributed by atoms with Crippen molar-refractivity contribution >= 4 is 27.9 Å². The maximum absolute atomic E-state index is 13.6. The van der Waals surface area contributed by atoms with E-state index in [1.54, 1.807) is 19.2 Å². The SMILES string of the molecule is COc1cc(CC=O)ccc1OCCCN1C2CCC1CC(c1nsc3cc(F)ccc13)C2. The van der Waals surface area contributed by atoms with Gasteiger partial charge in [0.2, 0.25) is 0 Å². The molecule has 2 atom stereocenters. The Morgan fingerprint density at radius 1 is 1.15 bits per heavy atom. The number of halogens is 1. The van der Waals surface area contributed by atoms with Crippen molar-refractivity contribution < 1.29 is 18.7 Å². The number of nitrogens with zero attached hydrogens (tertiary/aromatic N) is 2. The van der Waals surface area contributed by atoms with Crippen molar-refractivity contribution in [2.75, 3.05) is 20.3 Å². The molecule has 2 aliphatic rings. The van der Waals surface area contributed by atoms with Gasteiger partial charge in [-0.25, -0.2) is 4.39 Å². The number of rotatable bonds is 9. The molecule has 3 heterocycles. The van der Waals surface area contributed by atoms with Crippen LogP contribution in [0.1, 0.15) is 49.3 Å². The molecule has 0 aliphatic carbocycles. The molecule has 174 valence electrons. The molecular weight excluding hydrogens is 439 g/mol. The van der Waals surface area contributed by atoms with Crippen LogP contribution in [-0.4, -0.2) is 47.9 Å². The Hall–Kier alpha value is -2.51. The normalized spacial score (nSPS) is 22.5. The molecule has 0 N–H and O–H groups in total. The fourth-order valence-electron chi connectivity index (χ4n) is 5.57. The van der Waals surface area contributed by atoms with E-state index in [1.165, 1.54) is 30.1 Å². The van der Waals surface area contributed by atoms with E-state index in [-0.39, 0.29) is 5.82 Å². The standard InChI is InChI=1S/C26H29FN2O3S/c1-31-24-13-17(9-11-30)3-8-23(24)32-12-2-10-29-20-5-6-21(29)15-18(14-20)26-22-7-4-19(27)16-25(22)33-28-26/h3-4,7-8,11,13,16,18,20-21H,2,5-6,9-10,12,14-15H2,1H3. The third kappa shape index (κ3) is 4.62. The first kappa shape index (κ1) is 22.3. The van der Waals surface area contributed by atoms with Crippen molar-refractivity contribution in [1.29, 1.82) is 0 Å². The lowest BCUT2D eigenvalue weighted by molar-refractivity contribution is -0.107. The summed E-state index contributed by atoms with van der Waals surface area (Å²) in [6.45, 7) is 1.65. The van der Waals surface area contributed by atoms with Crippen molar-refractivity contribution in [1.82, 2.24) is 9.27 Å². The van der Waals surface area contributed by atoms with Crippen molar-refractivity contribution in [3.8, 4) is 11.5 Å². The van der Waals surface area contributed by atoms with Gasteiger partial charge in [0.15, 0.2) is 11.5 Å². The monoisotopic (exact) mass is 468 g/mol. The number of benzene rings is 2. The van der Waals surface area contributed by atoms with Gasteiger partial charge in [0.25, 0.3) is 0 Å². The van der Waals surface area contributed by atoms with Crippen LogP contribution < -0.4 is 9.47 Å². The van der Waals surface area contributed by atoms with Crippen LogP contribution in [0, 0.1) is 5.82 Å². The van der Waals surface area contributed by atoms with Gasteiger partial charge in [-0.05, 0) is 79.5 Å². The first-order valence-electron chi connectivity index (χ1n) is 11.7. The lowest BCUT2D eigenvalue weighted by Gasteiger charge is -2.38. The van der Waals surface area contributed by atoms with Crippen molar-refractivity contribution in [2.45, 2.75) is 56.5 Å². The molecule has 2 unspecified atom stereocenters. The van der Waals surface area contributed by atoms with Crippen molar-refractivity contribution in [2.24, 2.45) is 0 Å². The summed E-state index contributed by atoms with van der Waals surface area (Å²) in [6.07, 6.45) is 6.96. The van der Waals surface area contributed by atoms with E-state index in [2.05, 4.69) is 4.90 Å². The molecule has 5 rings (SSSR count). The molecule has 2 fully saturated rings. The highest BCUT2D eigenvalue weighted by molar-refractivity contribution is 7.13. The Morgan fingerprint density at radius 3 is 2.73 bits per heavy atom. The van der Waals surface area contributed by atoms with E-state index in [1.807, 2.05) is 24.3 Å². The molecule has 2 aromatic carbocycles. The lowest BCUT2D eigenvalue weighted by atomic mass is 9.86. The average molecular weight is 469 g/mol. The summed E-state index contributed by atoms with van der Waals surface area (Å²) in [5, 5.41) is 1.13. The Morgan fingerprint density at radius 2 is 1.97 bits per heavy atom. The van der Waals surface area contributed by atoms with E-state index in [0.717, 1.165) is 53.5 Å². The quantitative estimate of drug-likeness (QED) is 0.312. The molecule has 2 bridgehead atoms.